The fourth-order valence-electron chi connectivity index (χ4n) is 2.64. The van der Waals surface area contributed by atoms with E-state index >= 15 is 0 Å². The molecule has 1 aliphatic rings. The molecule has 1 aliphatic heterocycles. The van der Waals surface area contributed by atoms with Gasteiger partial charge in [-0.3, -0.25) is 4.79 Å². The minimum Gasteiger partial charge on any atom is -0.320 e. The Kier molecular flexibility index (Phi) is 4.02. The summed E-state index contributed by atoms with van der Waals surface area (Å²) in [4.78, 5) is 14.4. The molecule has 0 saturated carbocycles. The topological polar surface area (TPSA) is 46.3 Å². The smallest absolute Gasteiger partial charge is 0.244 e. The Morgan fingerprint density at radius 2 is 2.22 bits per heavy atom. The summed E-state index contributed by atoms with van der Waals surface area (Å²) >= 11 is 0. The van der Waals surface area contributed by atoms with E-state index in [1.165, 1.54) is 5.56 Å². The first-order chi connectivity index (χ1) is 8.65. The van der Waals surface area contributed by atoms with Gasteiger partial charge in [0.1, 0.15) is 0 Å². The summed E-state index contributed by atoms with van der Waals surface area (Å²) in [6.45, 7) is 4.16. The van der Waals surface area contributed by atoms with Gasteiger partial charge in [0.25, 0.3) is 0 Å². The summed E-state index contributed by atoms with van der Waals surface area (Å²) in [7, 11) is 0. The molecule has 0 bridgehead atoms. The van der Waals surface area contributed by atoms with Crippen LogP contribution in [0.1, 0.15) is 38.7 Å². The normalized spacial score (nSPS) is 20.4. The molecule has 1 aromatic rings. The first-order valence-corrected chi connectivity index (χ1v) is 6.81. The molecule has 1 amide bonds. The maximum absolute atomic E-state index is 12.5. The van der Waals surface area contributed by atoms with Crippen molar-refractivity contribution in [2.75, 3.05) is 4.90 Å². The average Bonchev–Trinajstić information content (AvgIpc) is 2.38. The minimum atomic E-state index is -0.372. The molecule has 0 aromatic heterocycles. The molecule has 0 radical (unpaired) electrons. The molecular formula is C15H22N2O. The molecule has 18 heavy (non-hydrogen) atoms. The highest BCUT2D eigenvalue weighted by Crippen LogP contribution is 2.30. The number of amides is 1. The van der Waals surface area contributed by atoms with Crippen molar-refractivity contribution in [2.45, 2.75) is 51.6 Å². The predicted molar refractivity (Wildman–Crippen MR) is 74.6 cm³/mol. The van der Waals surface area contributed by atoms with E-state index in [9.17, 15) is 4.79 Å². The fourth-order valence-corrected chi connectivity index (χ4v) is 2.64. The van der Waals surface area contributed by atoms with Gasteiger partial charge in [0.05, 0.1) is 6.04 Å². The molecule has 2 N–H and O–H groups in total. The molecule has 1 heterocycles. The molecule has 0 aliphatic carbocycles. The highest BCUT2D eigenvalue weighted by molar-refractivity contribution is 5.98. The number of para-hydroxylation sites is 1. The first-order valence-electron chi connectivity index (χ1n) is 6.81. The Bertz CT molecular complexity index is 430. The van der Waals surface area contributed by atoms with Crippen molar-refractivity contribution in [3.8, 4) is 0 Å². The van der Waals surface area contributed by atoms with Crippen LogP contribution in [-0.4, -0.2) is 18.0 Å². The number of nitrogens with two attached hydrogens (primary N) is 1. The Labute approximate surface area is 109 Å². The number of carbonyl (C=O) groups excluding carboxylic acids is 1. The Balaban J connectivity index is 2.29. The lowest BCUT2D eigenvalue weighted by Gasteiger charge is -2.36. The van der Waals surface area contributed by atoms with Crippen LogP contribution in [0.15, 0.2) is 24.3 Å². The summed E-state index contributed by atoms with van der Waals surface area (Å²) in [6.07, 6.45) is 3.76. The second kappa shape index (κ2) is 5.53. The van der Waals surface area contributed by atoms with E-state index in [0.717, 1.165) is 31.4 Å². The molecule has 2 atom stereocenters. The van der Waals surface area contributed by atoms with E-state index in [0.29, 0.717) is 0 Å². The number of carbonyl (C=O) groups is 1. The number of benzene rings is 1. The Morgan fingerprint density at radius 3 is 2.94 bits per heavy atom. The van der Waals surface area contributed by atoms with Crippen molar-refractivity contribution in [3.63, 3.8) is 0 Å². The van der Waals surface area contributed by atoms with Gasteiger partial charge in [-0.2, -0.15) is 0 Å². The maximum Gasteiger partial charge on any atom is 0.244 e. The van der Waals surface area contributed by atoms with E-state index in [1.54, 1.807) is 0 Å². The largest absolute Gasteiger partial charge is 0.320 e. The van der Waals surface area contributed by atoms with Crippen molar-refractivity contribution in [2.24, 2.45) is 5.73 Å². The van der Waals surface area contributed by atoms with Crippen LogP contribution in [0.3, 0.4) is 0 Å². The van der Waals surface area contributed by atoms with Gasteiger partial charge in [-0.1, -0.05) is 31.5 Å². The van der Waals surface area contributed by atoms with Crippen molar-refractivity contribution in [1.82, 2.24) is 0 Å². The van der Waals surface area contributed by atoms with Crippen LogP contribution in [0, 0.1) is 0 Å². The first kappa shape index (κ1) is 13.1. The number of hydrogen-bond acceptors (Lipinski definition) is 2. The quantitative estimate of drug-likeness (QED) is 0.890. The van der Waals surface area contributed by atoms with Crippen LogP contribution < -0.4 is 10.6 Å². The number of nitrogens with zero attached hydrogens (tertiary/aromatic N) is 1. The monoisotopic (exact) mass is 246 g/mol. The summed E-state index contributed by atoms with van der Waals surface area (Å²) in [5, 5.41) is 0. The predicted octanol–water partition coefficient (Wildman–Crippen LogP) is 2.48. The molecule has 1 aromatic carbocycles. The van der Waals surface area contributed by atoms with Gasteiger partial charge >= 0.3 is 0 Å². The van der Waals surface area contributed by atoms with Crippen molar-refractivity contribution in [3.05, 3.63) is 29.8 Å². The molecule has 2 unspecified atom stereocenters. The molecule has 0 fully saturated rings. The number of aryl methyl sites for hydroxylation is 1. The standard InChI is InChI=1S/C15H22N2O/c1-3-6-13(16)15(18)17-11(2)9-10-12-7-4-5-8-14(12)17/h4-5,7-8,11,13H,3,6,9-10,16H2,1-2H3. The molecule has 3 nitrogen and oxygen atoms in total. The number of rotatable bonds is 3. The summed E-state index contributed by atoms with van der Waals surface area (Å²) < 4.78 is 0. The number of hydrogen-bond donors (Lipinski definition) is 1. The third-order valence-electron chi connectivity index (χ3n) is 3.68. The van der Waals surface area contributed by atoms with Crippen LogP contribution in [0.25, 0.3) is 0 Å². The molecule has 0 spiro atoms. The second-order valence-corrected chi connectivity index (χ2v) is 5.12. The summed E-state index contributed by atoms with van der Waals surface area (Å²) in [6, 6.07) is 8.03. The third kappa shape index (κ3) is 2.41. The van der Waals surface area contributed by atoms with Gasteiger partial charge in [-0.15, -0.1) is 0 Å². The summed E-state index contributed by atoms with van der Waals surface area (Å²) in [5.41, 5.74) is 8.29. The van der Waals surface area contributed by atoms with Gasteiger partial charge in [0, 0.05) is 11.7 Å². The highest BCUT2D eigenvalue weighted by atomic mass is 16.2. The number of fused-ring (bicyclic) bond motifs is 1. The molecule has 2 rings (SSSR count). The fraction of sp³-hybridized carbons (Fsp3) is 0.533. The lowest BCUT2D eigenvalue weighted by molar-refractivity contribution is -0.120. The zero-order valence-corrected chi connectivity index (χ0v) is 11.2. The van der Waals surface area contributed by atoms with Crippen LogP contribution in [0.4, 0.5) is 5.69 Å². The minimum absolute atomic E-state index is 0.0662. The number of anilines is 1. The Hall–Kier alpha value is -1.35. The van der Waals surface area contributed by atoms with Crippen molar-refractivity contribution < 1.29 is 4.79 Å². The van der Waals surface area contributed by atoms with Crippen LogP contribution in [-0.2, 0) is 11.2 Å². The van der Waals surface area contributed by atoms with Crippen molar-refractivity contribution in [1.29, 1.82) is 0 Å². The van der Waals surface area contributed by atoms with Gasteiger partial charge < -0.3 is 10.6 Å². The lowest BCUT2D eigenvalue weighted by Crippen LogP contribution is -2.49. The van der Waals surface area contributed by atoms with Gasteiger partial charge in [-0.25, -0.2) is 0 Å². The molecule has 98 valence electrons. The van der Waals surface area contributed by atoms with Gasteiger partial charge in [-0.05, 0) is 37.8 Å². The van der Waals surface area contributed by atoms with E-state index in [-0.39, 0.29) is 18.0 Å². The SMILES string of the molecule is CCCC(N)C(=O)N1c2ccccc2CCC1C. The van der Waals surface area contributed by atoms with E-state index in [4.69, 9.17) is 5.73 Å². The zero-order valence-electron chi connectivity index (χ0n) is 11.2. The highest BCUT2D eigenvalue weighted by Gasteiger charge is 2.30. The lowest BCUT2D eigenvalue weighted by atomic mass is 9.95. The zero-order chi connectivity index (χ0) is 13.1. The van der Waals surface area contributed by atoms with E-state index < -0.39 is 0 Å². The van der Waals surface area contributed by atoms with Gasteiger partial charge in [0.15, 0.2) is 0 Å². The average molecular weight is 246 g/mol. The molecule has 3 heteroatoms. The molecule has 0 saturated heterocycles. The van der Waals surface area contributed by atoms with Crippen LogP contribution in [0.5, 0.6) is 0 Å². The third-order valence-corrected chi connectivity index (χ3v) is 3.68. The Morgan fingerprint density at radius 1 is 1.50 bits per heavy atom. The summed E-state index contributed by atoms with van der Waals surface area (Å²) in [5.74, 6) is 0.0662. The second-order valence-electron chi connectivity index (χ2n) is 5.12. The molecular weight excluding hydrogens is 224 g/mol. The van der Waals surface area contributed by atoms with Gasteiger partial charge in [0.2, 0.25) is 5.91 Å². The van der Waals surface area contributed by atoms with E-state index in [1.807, 2.05) is 23.1 Å². The van der Waals surface area contributed by atoms with Crippen molar-refractivity contribution >= 4 is 11.6 Å². The van der Waals surface area contributed by atoms with Crippen LogP contribution >= 0.6 is 0 Å². The van der Waals surface area contributed by atoms with E-state index in [2.05, 4.69) is 19.9 Å². The van der Waals surface area contributed by atoms with Crippen LogP contribution in [0.2, 0.25) is 0 Å². The maximum atomic E-state index is 12.5.